The minimum Gasteiger partial charge on any atom is -0.496 e. The molecule has 6 aromatic rings. The number of rotatable bonds is 11. The van der Waals surface area contributed by atoms with Crippen LogP contribution in [0.4, 0.5) is 0 Å². The molecule has 0 aliphatic carbocycles. The molecule has 5 aromatic carbocycles. The Labute approximate surface area is 334 Å². The zero-order valence-electron chi connectivity index (χ0n) is 33.4. The van der Waals surface area contributed by atoms with Crippen LogP contribution in [0.1, 0.15) is 34.5 Å². The van der Waals surface area contributed by atoms with Crippen LogP contribution in [0.15, 0.2) is 60.7 Å². The molecule has 58 heavy (non-hydrogen) atoms. The van der Waals surface area contributed by atoms with Crippen LogP contribution in [0.3, 0.4) is 0 Å². The third-order valence-corrected chi connectivity index (χ3v) is 10.8. The molecule has 0 unspecified atom stereocenters. The highest BCUT2D eigenvalue weighted by atomic mass is 16.5. The minimum absolute atomic E-state index is 0.175. The first kappa shape index (κ1) is 38.5. The van der Waals surface area contributed by atoms with E-state index in [9.17, 15) is 10.2 Å². The number of aromatic nitrogens is 2. The molecule has 8 rings (SSSR count). The lowest BCUT2D eigenvalue weighted by Crippen LogP contribution is -2.32. The molecule has 1 aromatic heterocycles. The minimum atomic E-state index is -1.10. The van der Waals surface area contributed by atoms with E-state index in [1.807, 2.05) is 24.3 Å². The van der Waals surface area contributed by atoms with Gasteiger partial charge in [0.2, 0.25) is 5.75 Å². The monoisotopic (exact) mass is 792 g/mol. The maximum absolute atomic E-state index is 12.1. The lowest BCUT2D eigenvalue weighted by Gasteiger charge is -2.36. The van der Waals surface area contributed by atoms with Gasteiger partial charge in [-0.1, -0.05) is 12.1 Å². The van der Waals surface area contributed by atoms with Crippen LogP contribution < -0.4 is 47.4 Å². The van der Waals surface area contributed by atoms with Crippen molar-refractivity contribution < 1.29 is 57.6 Å². The fourth-order valence-electron chi connectivity index (χ4n) is 8.07. The zero-order chi connectivity index (χ0) is 40.8. The van der Waals surface area contributed by atoms with Gasteiger partial charge >= 0.3 is 0 Å². The van der Waals surface area contributed by atoms with Crippen molar-refractivity contribution in [3.8, 4) is 68.6 Å². The van der Waals surface area contributed by atoms with E-state index in [0.29, 0.717) is 101 Å². The molecule has 0 bridgehead atoms. The maximum Gasteiger partial charge on any atom is 0.203 e. The van der Waals surface area contributed by atoms with Gasteiger partial charge in [0.15, 0.2) is 23.7 Å². The predicted octanol–water partition coefficient (Wildman–Crippen LogP) is 6.59. The Morgan fingerprint density at radius 1 is 0.500 bits per heavy atom. The maximum atomic E-state index is 12.1. The van der Waals surface area contributed by atoms with E-state index in [0.717, 1.165) is 0 Å². The summed E-state index contributed by atoms with van der Waals surface area (Å²) in [6.07, 6.45) is -3.87. The van der Waals surface area contributed by atoms with Crippen molar-refractivity contribution in [1.82, 2.24) is 9.97 Å². The van der Waals surface area contributed by atoms with Crippen molar-refractivity contribution in [3.05, 3.63) is 82.9 Å². The normalized spacial score (nSPS) is 18.3. The smallest absolute Gasteiger partial charge is 0.203 e. The molecule has 3 heterocycles. The highest BCUT2D eigenvalue weighted by molar-refractivity contribution is 6.03. The van der Waals surface area contributed by atoms with Crippen molar-refractivity contribution >= 4 is 22.1 Å². The van der Waals surface area contributed by atoms with E-state index in [4.69, 9.17) is 57.3 Å². The number of benzene rings is 5. The molecule has 0 spiro atoms. The Morgan fingerprint density at radius 3 is 1.43 bits per heavy atom. The van der Waals surface area contributed by atoms with Crippen LogP contribution in [0.25, 0.3) is 33.2 Å². The van der Waals surface area contributed by atoms with Gasteiger partial charge in [-0.25, -0.2) is 9.97 Å². The van der Waals surface area contributed by atoms with Crippen LogP contribution >= 0.6 is 0 Å². The van der Waals surface area contributed by atoms with E-state index in [1.165, 1.54) is 21.3 Å². The second kappa shape index (κ2) is 15.5. The quantitative estimate of drug-likeness (QED) is 0.135. The fraction of sp³-hybridized carbons (Fsp3) is 0.318. The summed E-state index contributed by atoms with van der Waals surface area (Å²) in [5.41, 5.74) is 5.27. The van der Waals surface area contributed by atoms with E-state index in [1.54, 1.807) is 71.9 Å². The Hall–Kier alpha value is -6.38. The molecule has 0 amide bonds. The van der Waals surface area contributed by atoms with Crippen LogP contribution in [0.2, 0.25) is 0 Å². The number of nitrogens with zero attached hydrogens (tertiary/aromatic N) is 2. The van der Waals surface area contributed by atoms with Crippen molar-refractivity contribution in [3.63, 3.8) is 0 Å². The van der Waals surface area contributed by atoms with Gasteiger partial charge in [-0.2, -0.15) is 0 Å². The number of methoxy groups -OCH3 is 8. The highest BCUT2D eigenvalue weighted by Gasteiger charge is 2.41. The van der Waals surface area contributed by atoms with Crippen LogP contribution in [0, 0.1) is 0 Å². The SMILES string of the molecule is COc1cc(OC)c2c(c1)O[C@H](c1cc(OC)c(OC)c(OC)c1-c1c([C@H]3Oc4cc(OC)cc(OC)c4C[C@H]3O)cc(OC)c3nc4ccccc4nc13)[C@H](O)C2. The Kier molecular flexibility index (Phi) is 10.3. The summed E-state index contributed by atoms with van der Waals surface area (Å²) >= 11 is 0. The average Bonchev–Trinajstić information content (AvgIpc) is 3.25. The van der Waals surface area contributed by atoms with Gasteiger partial charge in [-0.05, 0) is 24.3 Å². The molecular weight excluding hydrogens is 748 g/mol. The van der Waals surface area contributed by atoms with Crippen LogP contribution in [-0.2, 0) is 12.8 Å². The second-order valence-corrected chi connectivity index (χ2v) is 13.8. The molecule has 0 saturated heterocycles. The molecule has 2 aliphatic rings. The first-order valence-electron chi connectivity index (χ1n) is 18.5. The summed E-state index contributed by atoms with van der Waals surface area (Å²) in [5.74, 6) is 4.21. The summed E-state index contributed by atoms with van der Waals surface area (Å²) in [6, 6.07) is 18.1. The van der Waals surface area contributed by atoms with Gasteiger partial charge in [-0.3, -0.25) is 0 Å². The zero-order valence-corrected chi connectivity index (χ0v) is 33.4. The van der Waals surface area contributed by atoms with Gasteiger partial charge in [-0.15, -0.1) is 0 Å². The molecule has 4 atom stereocenters. The first-order valence-corrected chi connectivity index (χ1v) is 18.5. The summed E-state index contributed by atoms with van der Waals surface area (Å²) in [7, 11) is 12.3. The molecule has 0 fully saturated rings. The highest BCUT2D eigenvalue weighted by Crippen LogP contribution is 2.56. The second-order valence-electron chi connectivity index (χ2n) is 13.8. The number of ether oxygens (including phenoxy) is 10. The number of aliphatic hydroxyl groups is 2. The summed E-state index contributed by atoms with van der Waals surface area (Å²) in [4.78, 5) is 10.3. The van der Waals surface area contributed by atoms with E-state index in [-0.39, 0.29) is 24.3 Å². The molecule has 14 heteroatoms. The topological polar surface area (TPSA) is 159 Å². The number of hydrogen-bond donors (Lipinski definition) is 2. The number of aliphatic hydroxyl groups excluding tert-OH is 2. The molecule has 0 radical (unpaired) electrons. The summed E-state index contributed by atoms with van der Waals surface area (Å²) in [6.45, 7) is 0. The standard InChI is InChI=1S/C44H44N2O12/c1-49-21-13-31(51-3)23-17-29(47)41(57-33(23)15-21)25-19-35(53-5)39-40(46-28-12-10-9-11-27(28)45-39)37(25)38-26(20-36(54-6)43(55-7)44(38)56-8)42-30(48)18-24-32(52-4)14-22(50-2)16-34(24)58-42/h9-16,19-20,29-30,41-42,47-48H,17-18H2,1-8H3/t29-,30-,41-,42-/m1/s1. The number of para-hydroxylation sites is 2. The Bertz CT molecular complexity index is 2540. The van der Waals surface area contributed by atoms with Crippen LogP contribution in [0.5, 0.6) is 57.5 Å². The molecule has 302 valence electrons. The largest absolute Gasteiger partial charge is 0.496 e. The van der Waals surface area contributed by atoms with Crippen LogP contribution in [-0.4, -0.2) is 89.3 Å². The van der Waals surface area contributed by atoms with E-state index >= 15 is 0 Å². The molecule has 2 N–H and O–H groups in total. The predicted molar refractivity (Wildman–Crippen MR) is 214 cm³/mol. The molecular formula is C44H44N2O12. The van der Waals surface area contributed by atoms with E-state index in [2.05, 4.69) is 0 Å². The van der Waals surface area contributed by atoms with Crippen molar-refractivity contribution in [2.75, 3.05) is 56.9 Å². The lowest BCUT2D eigenvalue weighted by molar-refractivity contribution is 0.0189. The number of hydrogen-bond acceptors (Lipinski definition) is 14. The lowest BCUT2D eigenvalue weighted by atomic mass is 9.83. The fourth-order valence-corrected chi connectivity index (χ4v) is 8.07. The van der Waals surface area contributed by atoms with Crippen molar-refractivity contribution in [2.24, 2.45) is 0 Å². The first-order chi connectivity index (χ1) is 28.2. The van der Waals surface area contributed by atoms with E-state index < -0.39 is 24.4 Å². The van der Waals surface area contributed by atoms with Gasteiger partial charge in [0.05, 0.1) is 80.1 Å². The Morgan fingerprint density at radius 2 is 0.966 bits per heavy atom. The molecule has 2 aliphatic heterocycles. The molecule has 14 nitrogen and oxygen atoms in total. The van der Waals surface area contributed by atoms with Crippen molar-refractivity contribution in [1.29, 1.82) is 0 Å². The van der Waals surface area contributed by atoms with Gasteiger partial charge in [0.1, 0.15) is 51.3 Å². The third kappa shape index (κ3) is 6.28. The Balaban J connectivity index is 1.47. The third-order valence-electron chi connectivity index (χ3n) is 10.8. The van der Waals surface area contributed by atoms with Crippen molar-refractivity contribution in [2.45, 2.75) is 37.3 Å². The summed E-state index contributed by atoms with van der Waals surface area (Å²) in [5, 5.41) is 24.2. The summed E-state index contributed by atoms with van der Waals surface area (Å²) < 4.78 is 60.2. The number of fused-ring (bicyclic) bond motifs is 4. The van der Waals surface area contributed by atoms with Gasteiger partial charge in [0, 0.05) is 70.5 Å². The van der Waals surface area contributed by atoms with Gasteiger partial charge in [0.25, 0.3) is 0 Å². The molecule has 0 saturated carbocycles. The average molecular weight is 793 g/mol. The van der Waals surface area contributed by atoms with Gasteiger partial charge < -0.3 is 57.6 Å².